The van der Waals surface area contributed by atoms with Gasteiger partial charge in [0.1, 0.15) is 0 Å². The summed E-state index contributed by atoms with van der Waals surface area (Å²) in [5.74, 6) is 2.22. The summed E-state index contributed by atoms with van der Waals surface area (Å²) in [4.78, 5) is 15.5. The van der Waals surface area contributed by atoms with E-state index in [-0.39, 0.29) is 0 Å². The molecule has 0 aliphatic rings. The van der Waals surface area contributed by atoms with E-state index in [2.05, 4.69) is 94.2 Å². The normalized spacial score (nSPS) is 16.3. The predicted molar refractivity (Wildman–Crippen MR) is 191 cm³/mol. The second-order valence-corrected chi connectivity index (χ2v) is 18.9. The largest absolute Gasteiger partial charge is 0.252 e. The van der Waals surface area contributed by atoms with Crippen LogP contribution in [0, 0.1) is 0 Å². The first kappa shape index (κ1) is 37.5. The highest BCUT2D eigenvalue weighted by molar-refractivity contribution is 8.19. The maximum atomic E-state index is 5.17. The van der Waals surface area contributed by atoms with Crippen molar-refractivity contribution < 1.29 is 0 Å². The molecule has 1 rings (SSSR count). The zero-order valence-electron chi connectivity index (χ0n) is 26.3. The van der Waals surface area contributed by atoms with E-state index in [9.17, 15) is 0 Å². The molecular weight excluding hydrogens is 601 g/mol. The molecule has 1 heterocycles. The van der Waals surface area contributed by atoms with E-state index in [1.165, 1.54) is 0 Å². The zero-order valence-corrected chi connectivity index (χ0v) is 31.2. The fourth-order valence-electron chi connectivity index (χ4n) is 2.37. The van der Waals surface area contributed by atoms with Crippen LogP contribution in [0.4, 0.5) is 17.8 Å². The summed E-state index contributed by atoms with van der Waals surface area (Å²) in [6.45, 7) is 27.2. The zero-order chi connectivity index (χ0) is 29.5. The van der Waals surface area contributed by atoms with Crippen LogP contribution in [0.2, 0.25) is 0 Å². The topological polar surface area (TPSA) is 48.4 Å². The predicted octanol–water partition coefficient (Wildman–Crippen LogP) is 11.0. The Morgan fingerprint density at radius 1 is 0.385 bits per heavy atom. The lowest BCUT2D eigenvalue weighted by molar-refractivity contribution is 0.893. The van der Waals surface area contributed by atoms with Crippen LogP contribution in [0.3, 0.4) is 0 Å². The molecule has 6 atom stereocenters. The van der Waals surface area contributed by atoms with E-state index < -0.39 is 0 Å². The Labute approximate surface area is 267 Å². The van der Waals surface area contributed by atoms with Crippen LogP contribution in [-0.4, -0.2) is 46.5 Å². The lowest BCUT2D eigenvalue weighted by Crippen LogP contribution is -2.23. The van der Waals surface area contributed by atoms with Crippen LogP contribution in [0.5, 0.6) is 0 Å². The molecule has 0 saturated carbocycles. The van der Waals surface area contributed by atoms with Gasteiger partial charge < -0.3 is 0 Å². The standard InChI is InChI=1S/C27H54N6S6/c1-13-19(7)34-31(35-20(8)14-2)25-28-26(32(36-21(9)15-3)37-22(10)16-4)30-27(29-25)33(38-23(11)17-5)39-24(12)18-6/h19-24H,13-18H2,1-12H3. The molecule has 0 aliphatic heterocycles. The smallest absolute Gasteiger partial charge is 0.224 e. The molecular formula is C27H54N6S6. The summed E-state index contributed by atoms with van der Waals surface area (Å²) < 4.78 is 6.78. The lowest BCUT2D eigenvalue weighted by atomic mass is 10.4. The molecule has 0 amide bonds. The molecule has 0 N–H and O–H groups in total. The van der Waals surface area contributed by atoms with Gasteiger partial charge >= 0.3 is 0 Å². The van der Waals surface area contributed by atoms with Crippen LogP contribution in [0.15, 0.2) is 0 Å². The molecule has 1 aromatic rings. The molecule has 0 saturated heterocycles. The van der Waals surface area contributed by atoms with Gasteiger partial charge in [-0.2, -0.15) is 15.0 Å². The van der Waals surface area contributed by atoms with Gasteiger partial charge in [-0.1, -0.05) is 83.1 Å². The van der Waals surface area contributed by atoms with E-state index >= 15 is 0 Å². The molecule has 0 fully saturated rings. The van der Waals surface area contributed by atoms with Crippen molar-refractivity contribution >= 4 is 89.5 Å². The Morgan fingerprint density at radius 2 is 0.538 bits per heavy atom. The van der Waals surface area contributed by atoms with Crippen molar-refractivity contribution in [1.82, 2.24) is 15.0 Å². The van der Waals surface area contributed by atoms with Gasteiger partial charge in [0, 0.05) is 31.5 Å². The van der Waals surface area contributed by atoms with Gasteiger partial charge in [-0.3, -0.25) is 0 Å². The van der Waals surface area contributed by atoms with Gasteiger partial charge in [0.15, 0.2) is 0 Å². The van der Waals surface area contributed by atoms with Gasteiger partial charge in [0.2, 0.25) is 0 Å². The third-order valence-corrected chi connectivity index (χ3v) is 14.0. The summed E-state index contributed by atoms with van der Waals surface area (Å²) >= 11 is 11.0. The number of aromatic nitrogens is 3. The van der Waals surface area contributed by atoms with Crippen molar-refractivity contribution in [3.63, 3.8) is 0 Å². The van der Waals surface area contributed by atoms with Crippen molar-refractivity contribution in [2.75, 3.05) is 11.1 Å². The monoisotopic (exact) mass is 654 g/mol. The number of anilines is 3. The summed E-state index contributed by atoms with van der Waals surface area (Å²) in [6.07, 6.45) is 6.54. The van der Waals surface area contributed by atoms with Crippen LogP contribution in [0.1, 0.15) is 122 Å². The minimum atomic E-state index is 0.463. The molecule has 228 valence electrons. The summed E-state index contributed by atoms with van der Waals surface area (Å²) in [6, 6.07) is 0. The van der Waals surface area contributed by atoms with Crippen molar-refractivity contribution in [3.05, 3.63) is 0 Å². The SMILES string of the molecule is CCC(C)SN(SC(C)CC)c1nc(N(SC(C)CC)SC(C)CC)nc(N(SC(C)CC)SC(C)CC)n1. The molecule has 6 nitrogen and oxygen atoms in total. The Balaban J connectivity index is 3.78. The molecule has 0 radical (unpaired) electrons. The third kappa shape index (κ3) is 14.0. The number of hydrogen-bond acceptors (Lipinski definition) is 12. The summed E-state index contributed by atoms with van der Waals surface area (Å²) in [5, 5.41) is 2.78. The van der Waals surface area contributed by atoms with Crippen molar-refractivity contribution in [2.45, 2.75) is 153 Å². The fraction of sp³-hybridized carbons (Fsp3) is 0.889. The number of hydrogen-bond donors (Lipinski definition) is 0. The Bertz CT molecular complexity index is 645. The molecule has 0 spiro atoms. The molecule has 0 aliphatic carbocycles. The molecule has 6 unspecified atom stereocenters. The maximum Gasteiger partial charge on any atom is 0.252 e. The van der Waals surface area contributed by atoms with Crippen LogP contribution in [0.25, 0.3) is 0 Å². The van der Waals surface area contributed by atoms with E-state index in [1.807, 2.05) is 71.7 Å². The molecule has 1 aromatic heterocycles. The van der Waals surface area contributed by atoms with E-state index in [0.29, 0.717) is 31.5 Å². The number of nitrogens with zero attached hydrogens (tertiary/aromatic N) is 6. The van der Waals surface area contributed by atoms with E-state index in [1.54, 1.807) is 0 Å². The summed E-state index contributed by atoms with van der Waals surface area (Å²) in [5.41, 5.74) is 0. The van der Waals surface area contributed by atoms with Gasteiger partial charge in [0.05, 0.1) is 0 Å². The number of rotatable bonds is 21. The minimum absolute atomic E-state index is 0.463. The van der Waals surface area contributed by atoms with Crippen molar-refractivity contribution in [3.8, 4) is 0 Å². The highest BCUT2D eigenvalue weighted by Gasteiger charge is 2.27. The first-order valence-electron chi connectivity index (χ1n) is 14.7. The van der Waals surface area contributed by atoms with Crippen molar-refractivity contribution in [2.24, 2.45) is 0 Å². The second-order valence-electron chi connectivity index (χ2n) is 9.95. The van der Waals surface area contributed by atoms with E-state index in [0.717, 1.165) is 56.4 Å². The summed E-state index contributed by atoms with van der Waals surface area (Å²) in [7, 11) is 0. The fourth-order valence-corrected chi connectivity index (χ4v) is 9.53. The minimum Gasteiger partial charge on any atom is -0.224 e. The highest BCUT2D eigenvalue weighted by Crippen LogP contribution is 2.42. The molecule has 12 heteroatoms. The van der Waals surface area contributed by atoms with Crippen molar-refractivity contribution in [1.29, 1.82) is 0 Å². The second kappa shape index (κ2) is 20.4. The highest BCUT2D eigenvalue weighted by atomic mass is 32.2. The maximum absolute atomic E-state index is 5.17. The van der Waals surface area contributed by atoms with Crippen LogP contribution in [-0.2, 0) is 0 Å². The van der Waals surface area contributed by atoms with Gasteiger partial charge in [0.25, 0.3) is 17.8 Å². The quantitative estimate of drug-likeness (QED) is 0.118. The van der Waals surface area contributed by atoms with Gasteiger partial charge in [-0.15, -0.1) is 0 Å². The molecule has 0 bridgehead atoms. The lowest BCUT2D eigenvalue weighted by Gasteiger charge is -2.30. The van der Waals surface area contributed by atoms with E-state index in [4.69, 9.17) is 15.0 Å². The Kier molecular flexibility index (Phi) is 19.7. The van der Waals surface area contributed by atoms with Gasteiger partial charge in [-0.05, 0) is 110 Å². The molecule has 39 heavy (non-hydrogen) atoms. The third-order valence-electron chi connectivity index (χ3n) is 6.19. The first-order valence-corrected chi connectivity index (χ1v) is 19.7. The average molecular weight is 655 g/mol. The Hall–Kier alpha value is 0.510. The van der Waals surface area contributed by atoms with Crippen LogP contribution >= 0.6 is 71.7 Å². The van der Waals surface area contributed by atoms with Gasteiger partial charge in [-0.25, -0.2) is 11.1 Å². The average Bonchev–Trinajstić information content (AvgIpc) is 2.94. The molecule has 0 aromatic carbocycles. The first-order chi connectivity index (χ1) is 18.5. The Morgan fingerprint density at radius 3 is 0.667 bits per heavy atom. The van der Waals surface area contributed by atoms with Crippen LogP contribution < -0.4 is 11.1 Å².